The molecule has 4 rings (SSSR count). The highest BCUT2D eigenvalue weighted by Crippen LogP contribution is 2.29. The summed E-state index contributed by atoms with van der Waals surface area (Å²) in [6.45, 7) is -0.0654. The minimum atomic E-state index is -0.315. The number of carbonyl (C=O) groups is 2. The molecule has 3 aromatic rings. The zero-order valence-corrected chi connectivity index (χ0v) is 13.0. The van der Waals surface area contributed by atoms with E-state index in [0.29, 0.717) is 28.5 Å². The van der Waals surface area contributed by atoms with Gasteiger partial charge in [0, 0.05) is 24.2 Å². The van der Waals surface area contributed by atoms with Crippen LogP contribution in [-0.4, -0.2) is 33.2 Å². The highest BCUT2D eigenvalue weighted by Gasteiger charge is 2.18. The van der Waals surface area contributed by atoms with Crippen molar-refractivity contribution in [2.24, 2.45) is 0 Å². The summed E-state index contributed by atoms with van der Waals surface area (Å²) < 4.78 is 6.91. The Labute approximate surface area is 142 Å². The minimum absolute atomic E-state index is 0.0654. The van der Waals surface area contributed by atoms with E-state index in [1.165, 1.54) is 0 Å². The summed E-state index contributed by atoms with van der Waals surface area (Å²) in [5.41, 5.74) is 1.49. The van der Waals surface area contributed by atoms with Crippen LogP contribution in [0.15, 0.2) is 55.0 Å². The summed E-state index contributed by atoms with van der Waals surface area (Å²) >= 11 is 0. The summed E-state index contributed by atoms with van der Waals surface area (Å²) in [6.07, 6.45) is 5.00. The van der Waals surface area contributed by atoms with Gasteiger partial charge in [0.15, 0.2) is 12.4 Å². The Hall–Kier alpha value is -3.68. The van der Waals surface area contributed by atoms with Crippen molar-refractivity contribution in [3.05, 3.63) is 60.6 Å². The highest BCUT2D eigenvalue weighted by atomic mass is 16.5. The third-order valence-electron chi connectivity index (χ3n) is 3.63. The van der Waals surface area contributed by atoms with Gasteiger partial charge in [0.1, 0.15) is 5.75 Å². The van der Waals surface area contributed by atoms with Crippen LogP contribution < -0.4 is 15.4 Å². The van der Waals surface area contributed by atoms with Crippen molar-refractivity contribution in [1.29, 1.82) is 0 Å². The zero-order valence-electron chi connectivity index (χ0n) is 13.0. The standard InChI is InChI=1S/C17H13N5O3/c23-15-10-25-14-9-11(4-5-12(14)20-15)17(24)21-13-3-1-6-18-16(13)22-8-2-7-19-22/h1-9H,10H2,(H,20,23)(H,21,24). The summed E-state index contributed by atoms with van der Waals surface area (Å²) in [5, 5.41) is 9.65. The van der Waals surface area contributed by atoms with Crippen molar-refractivity contribution in [3.63, 3.8) is 0 Å². The van der Waals surface area contributed by atoms with Gasteiger partial charge in [0.25, 0.3) is 11.8 Å². The minimum Gasteiger partial charge on any atom is -0.482 e. The van der Waals surface area contributed by atoms with Gasteiger partial charge in [-0.2, -0.15) is 5.10 Å². The summed E-state index contributed by atoms with van der Waals surface area (Å²) in [6, 6.07) is 10.1. The van der Waals surface area contributed by atoms with Crippen LogP contribution in [0.4, 0.5) is 11.4 Å². The number of pyridine rings is 1. The monoisotopic (exact) mass is 335 g/mol. The average molecular weight is 335 g/mol. The van der Waals surface area contributed by atoms with Gasteiger partial charge in [0.2, 0.25) is 0 Å². The molecule has 0 fully saturated rings. The Kier molecular flexibility index (Phi) is 3.62. The van der Waals surface area contributed by atoms with Gasteiger partial charge in [-0.3, -0.25) is 9.59 Å². The molecule has 0 aliphatic carbocycles. The van der Waals surface area contributed by atoms with Gasteiger partial charge in [0.05, 0.1) is 11.4 Å². The molecule has 0 radical (unpaired) electrons. The van der Waals surface area contributed by atoms with Gasteiger partial charge in [-0.15, -0.1) is 0 Å². The fourth-order valence-corrected chi connectivity index (χ4v) is 2.48. The molecule has 0 bridgehead atoms. The number of ether oxygens (including phenoxy) is 1. The number of nitrogens with one attached hydrogen (secondary N) is 2. The Morgan fingerprint density at radius 1 is 1.24 bits per heavy atom. The zero-order chi connectivity index (χ0) is 17.2. The lowest BCUT2D eigenvalue weighted by Gasteiger charge is -2.18. The first-order valence-electron chi connectivity index (χ1n) is 7.54. The van der Waals surface area contributed by atoms with E-state index >= 15 is 0 Å². The Morgan fingerprint density at radius 2 is 2.16 bits per heavy atom. The van der Waals surface area contributed by atoms with E-state index in [1.807, 2.05) is 0 Å². The molecule has 1 aromatic carbocycles. The molecule has 1 aliphatic rings. The van der Waals surface area contributed by atoms with E-state index in [0.717, 1.165) is 0 Å². The van der Waals surface area contributed by atoms with Crippen molar-refractivity contribution < 1.29 is 14.3 Å². The fourth-order valence-electron chi connectivity index (χ4n) is 2.48. The number of anilines is 2. The van der Waals surface area contributed by atoms with Crippen LogP contribution in [0.1, 0.15) is 10.4 Å². The first-order chi connectivity index (χ1) is 12.2. The van der Waals surface area contributed by atoms with Crippen LogP contribution in [0.25, 0.3) is 5.82 Å². The summed E-state index contributed by atoms with van der Waals surface area (Å²) in [4.78, 5) is 28.1. The van der Waals surface area contributed by atoms with Gasteiger partial charge >= 0.3 is 0 Å². The lowest BCUT2D eigenvalue weighted by Crippen LogP contribution is -2.25. The van der Waals surface area contributed by atoms with E-state index in [2.05, 4.69) is 20.7 Å². The lowest BCUT2D eigenvalue weighted by molar-refractivity contribution is -0.118. The molecule has 1 aliphatic heterocycles. The van der Waals surface area contributed by atoms with E-state index in [1.54, 1.807) is 59.7 Å². The number of aromatic nitrogens is 3. The SMILES string of the molecule is O=C1COc2cc(C(=O)Nc3cccnc3-n3cccn3)ccc2N1. The normalized spacial score (nSPS) is 12.7. The number of hydrogen-bond acceptors (Lipinski definition) is 5. The van der Waals surface area contributed by atoms with Crippen LogP contribution >= 0.6 is 0 Å². The second-order valence-corrected chi connectivity index (χ2v) is 5.33. The van der Waals surface area contributed by atoms with Crippen molar-refractivity contribution in [2.45, 2.75) is 0 Å². The van der Waals surface area contributed by atoms with E-state index in [9.17, 15) is 9.59 Å². The molecule has 8 nitrogen and oxygen atoms in total. The van der Waals surface area contributed by atoms with E-state index in [4.69, 9.17) is 4.74 Å². The molecule has 2 amide bonds. The third-order valence-corrected chi connectivity index (χ3v) is 3.63. The molecule has 0 atom stereocenters. The first kappa shape index (κ1) is 14.9. The third kappa shape index (κ3) is 2.92. The molecule has 124 valence electrons. The predicted molar refractivity (Wildman–Crippen MR) is 89.9 cm³/mol. The lowest BCUT2D eigenvalue weighted by atomic mass is 10.1. The van der Waals surface area contributed by atoms with Crippen molar-refractivity contribution in [2.75, 3.05) is 17.2 Å². The van der Waals surface area contributed by atoms with Crippen LogP contribution in [0.3, 0.4) is 0 Å². The average Bonchev–Trinajstić information content (AvgIpc) is 3.16. The molecule has 0 saturated carbocycles. The van der Waals surface area contributed by atoms with Crippen LogP contribution in [0.2, 0.25) is 0 Å². The number of benzene rings is 1. The maximum Gasteiger partial charge on any atom is 0.262 e. The topological polar surface area (TPSA) is 98.1 Å². The van der Waals surface area contributed by atoms with Gasteiger partial charge in [-0.1, -0.05) is 0 Å². The second kappa shape index (κ2) is 6.08. The molecular weight excluding hydrogens is 322 g/mol. The largest absolute Gasteiger partial charge is 0.482 e. The van der Waals surface area contributed by atoms with Crippen molar-refractivity contribution in [1.82, 2.24) is 14.8 Å². The number of amides is 2. The molecule has 0 spiro atoms. The second-order valence-electron chi connectivity index (χ2n) is 5.33. The predicted octanol–water partition coefficient (Wildman–Crippen LogP) is 1.85. The molecular formula is C17H13N5O3. The Balaban J connectivity index is 1.60. The van der Waals surface area contributed by atoms with Crippen LogP contribution in [-0.2, 0) is 4.79 Å². The molecule has 0 saturated heterocycles. The number of hydrogen-bond donors (Lipinski definition) is 2. The fraction of sp³-hybridized carbons (Fsp3) is 0.0588. The maximum absolute atomic E-state index is 12.6. The van der Waals surface area contributed by atoms with Gasteiger partial charge in [-0.05, 0) is 36.4 Å². The summed E-state index contributed by atoms with van der Waals surface area (Å²) in [5.74, 6) is 0.446. The molecule has 8 heteroatoms. The molecule has 2 aromatic heterocycles. The number of nitrogens with zero attached hydrogens (tertiary/aromatic N) is 3. The Morgan fingerprint density at radius 3 is 3.00 bits per heavy atom. The van der Waals surface area contributed by atoms with E-state index < -0.39 is 0 Å². The Bertz CT molecular complexity index is 953. The molecule has 25 heavy (non-hydrogen) atoms. The molecule has 3 heterocycles. The molecule has 0 unspecified atom stereocenters. The van der Waals surface area contributed by atoms with Crippen LogP contribution in [0, 0.1) is 0 Å². The quantitative estimate of drug-likeness (QED) is 0.761. The van der Waals surface area contributed by atoms with Crippen molar-refractivity contribution in [3.8, 4) is 11.6 Å². The number of carbonyl (C=O) groups excluding carboxylic acids is 2. The highest BCUT2D eigenvalue weighted by molar-refractivity contribution is 6.06. The van der Waals surface area contributed by atoms with Gasteiger partial charge < -0.3 is 15.4 Å². The molecule has 2 N–H and O–H groups in total. The summed E-state index contributed by atoms with van der Waals surface area (Å²) in [7, 11) is 0. The number of fused-ring (bicyclic) bond motifs is 1. The van der Waals surface area contributed by atoms with Crippen LogP contribution in [0.5, 0.6) is 5.75 Å². The number of rotatable bonds is 3. The van der Waals surface area contributed by atoms with E-state index in [-0.39, 0.29) is 18.4 Å². The smallest absolute Gasteiger partial charge is 0.262 e. The first-order valence-corrected chi connectivity index (χ1v) is 7.54. The van der Waals surface area contributed by atoms with Crippen molar-refractivity contribution >= 4 is 23.2 Å². The maximum atomic E-state index is 12.6. The van der Waals surface area contributed by atoms with Gasteiger partial charge in [-0.25, -0.2) is 9.67 Å².